The maximum absolute atomic E-state index is 13.2. The number of non-ortho nitro benzene ring substituents is 1. The number of hydrogen-bond acceptors (Lipinski definition) is 6. The summed E-state index contributed by atoms with van der Waals surface area (Å²) in [6, 6.07) is 15.6. The van der Waals surface area contributed by atoms with Crippen molar-refractivity contribution < 1.29 is 13.7 Å². The van der Waals surface area contributed by atoms with Gasteiger partial charge >= 0.3 is 0 Å². The molecule has 0 aliphatic rings. The summed E-state index contributed by atoms with van der Waals surface area (Å²) in [5, 5.41) is 17.5. The molecule has 0 spiro atoms. The molecule has 0 aliphatic heterocycles. The maximum Gasteiger partial charge on any atom is 0.269 e. The van der Waals surface area contributed by atoms with E-state index in [-0.39, 0.29) is 11.5 Å². The molecule has 0 amide bonds. The quantitative estimate of drug-likeness (QED) is 0.246. The molecule has 0 fully saturated rings. The van der Waals surface area contributed by atoms with E-state index in [1.54, 1.807) is 47.3 Å². The predicted octanol–water partition coefficient (Wildman–Crippen LogP) is 5.36. The zero-order valence-corrected chi connectivity index (χ0v) is 16.5. The minimum absolute atomic E-state index is 0.00650. The van der Waals surface area contributed by atoms with Crippen LogP contribution in [-0.4, -0.2) is 15.3 Å². The number of hydrogen-bond donors (Lipinski definition) is 0. The number of aromatic nitrogens is 1. The van der Waals surface area contributed by atoms with E-state index in [1.807, 2.05) is 12.3 Å². The first-order chi connectivity index (χ1) is 14.5. The van der Waals surface area contributed by atoms with Crippen LogP contribution in [0.15, 0.2) is 86.8 Å². The molecule has 2 heterocycles. The Kier molecular flexibility index (Phi) is 5.36. The van der Waals surface area contributed by atoms with Gasteiger partial charge in [-0.15, -0.1) is 11.3 Å². The second-order valence-corrected chi connectivity index (χ2v) is 7.11. The van der Waals surface area contributed by atoms with E-state index in [0.717, 1.165) is 5.56 Å². The Balaban J connectivity index is 1.86. The zero-order chi connectivity index (χ0) is 21.1. The molecular weight excluding hydrogens is 407 g/mol. The van der Waals surface area contributed by atoms with Crippen molar-refractivity contribution in [3.63, 3.8) is 0 Å². The summed E-state index contributed by atoms with van der Waals surface area (Å²) in [6.45, 7) is 1.81. The van der Waals surface area contributed by atoms with Crippen LogP contribution in [0.5, 0.6) is 0 Å². The average molecular weight is 422 g/mol. The van der Waals surface area contributed by atoms with Crippen molar-refractivity contribution in [3.8, 4) is 11.3 Å². The lowest BCUT2D eigenvalue weighted by molar-refractivity contribution is -0.384. The third-order valence-electron chi connectivity index (χ3n) is 4.24. The first-order valence-corrected chi connectivity index (χ1v) is 9.74. The number of rotatable bonds is 5. The number of benzene rings is 2. The third-order valence-corrected chi connectivity index (χ3v) is 5.05. The molecule has 0 saturated carbocycles. The van der Waals surface area contributed by atoms with Crippen LogP contribution in [0.4, 0.5) is 15.8 Å². The van der Waals surface area contributed by atoms with E-state index in [1.165, 1.54) is 35.6 Å². The van der Waals surface area contributed by atoms with E-state index in [9.17, 15) is 14.5 Å². The molecule has 2 aromatic carbocycles. The highest BCUT2D eigenvalue weighted by Gasteiger charge is 2.12. The standard InChI is InChI=1S/C21H15FN4O3S/c1-14(20-3-2-12-29-20)24-25-19(15-4-10-18(11-5-15)26(27)28)13-30-21(25)23-17-8-6-16(22)7-9-17/h2-13H,1H3. The van der Waals surface area contributed by atoms with Crippen LogP contribution in [0.1, 0.15) is 12.7 Å². The van der Waals surface area contributed by atoms with E-state index in [0.29, 0.717) is 27.7 Å². The Hall–Kier alpha value is -3.85. The Labute approximate surface area is 174 Å². The van der Waals surface area contributed by atoms with Gasteiger partial charge in [0, 0.05) is 23.1 Å². The molecule has 0 saturated heterocycles. The molecule has 150 valence electrons. The van der Waals surface area contributed by atoms with E-state index in [2.05, 4.69) is 10.1 Å². The van der Waals surface area contributed by atoms with Gasteiger partial charge in [-0.2, -0.15) is 5.10 Å². The van der Waals surface area contributed by atoms with Gasteiger partial charge in [0.05, 0.1) is 22.6 Å². The summed E-state index contributed by atoms with van der Waals surface area (Å²) in [7, 11) is 0. The van der Waals surface area contributed by atoms with Crippen molar-refractivity contribution in [3.05, 3.63) is 98.8 Å². The molecule has 0 N–H and O–H groups in total. The highest BCUT2D eigenvalue weighted by Crippen LogP contribution is 2.24. The summed E-state index contributed by atoms with van der Waals surface area (Å²) < 4.78 is 20.3. The first kappa shape index (κ1) is 19.5. The van der Waals surface area contributed by atoms with Gasteiger partial charge in [0.1, 0.15) is 17.3 Å². The van der Waals surface area contributed by atoms with Gasteiger partial charge in [0.2, 0.25) is 4.80 Å². The molecule has 9 heteroatoms. The van der Waals surface area contributed by atoms with Crippen LogP contribution in [0.3, 0.4) is 0 Å². The van der Waals surface area contributed by atoms with Crippen molar-refractivity contribution in [1.29, 1.82) is 0 Å². The normalized spacial score (nSPS) is 12.3. The molecule has 0 bridgehead atoms. The Morgan fingerprint density at radius 1 is 1.13 bits per heavy atom. The number of nitro groups is 1. The molecule has 4 rings (SSSR count). The molecule has 4 aromatic rings. The molecule has 0 atom stereocenters. The van der Waals surface area contributed by atoms with Crippen LogP contribution in [-0.2, 0) is 0 Å². The summed E-state index contributed by atoms with van der Waals surface area (Å²) in [4.78, 5) is 15.6. The largest absolute Gasteiger partial charge is 0.463 e. The Morgan fingerprint density at radius 3 is 2.50 bits per heavy atom. The minimum atomic E-state index is -0.444. The molecule has 2 aromatic heterocycles. The summed E-state index contributed by atoms with van der Waals surface area (Å²) in [6.07, 6.45) is 1.56. The van der Waals surface area contributed by atoms with Gasteiger partial charge in [-0.3, -0.25) is 10.1 Å². The SMILES string of the molecule is CC(=Nn1c(-c2ccc([N+](=O)[O-])cc2)csc1=Nc1ccc(F)cc1)c1ccco1. The van der Waals surface area contributed by atoms with Gasteiger partial charge in [-0.05, 0) is 55.5 Å². The van der Waals surface area contributed by atoms with Gasteiger partial charge in [0.15, 0.2) is 0 Å². The lowest BCUT2D eigenvalue weighted by atomic mass is 10.1. The number of nitrogens with zero attached hydrogens (tertiary/aromatic N) is 4. The van der Waals surface area contributed by atoms with Gasteiger partial charge in [-0.1, -0.05) is 0 Å². The lowest BCUT2D eigenvalue weighted by Gasteiger charge is -2.05. The zero-order valence-electron chi connectivity index (χ0n) is 15.7. The summed E-state index contributed by atoms with van der Waals surface area (Å²) in [5.74, 6) is 0.266. The molecular formula is C21H15FN4O3S. The number of thiazole rings is 1. The monoisotopic (exact) mass is 422 g/mol. The second kappa shape index (κ2) is 8.26. The fourth-order valence-electron chi connectivity index (χ4n) is 2.74. The summed E-state index contributed by atoms with van der Waals surface area (Å²) in [5.41, 5.74) is 2.66. The van der Waals surface area contributed by atoms with E-state index < -0.39 is 4.92 Å². The third kappa shape index (κ3) is 4.11. The second-order valence-electron chi connectivity index (χ2n) is 6.27. The van der Waals surface area contributed by atoms with Gasteiger partial charge in [-0.25, -0.2) is 14.1 Å². The average Bonchev–Trinajstić information content (AvgIpc) is 3.41. The maximum atomic E-state index is 13.2. The molecule has 0 aliphatic carbocycles. The van der Waals surface area contributed by atoms with Crippen LogP contribution in [0.25, 0.3) is 11.3 Å². The predicted molar refractivity (Wildman–Crippen MR) is 112 cm³/mol. The first-order valence-electron chi connectivity index (χ1n) is 8.86. The van der Waals surface area contributed by atoms with Crippen LogP contribution < -0.4 is 4.80 Å². The Bertz CT molecular complexity index is 1270. The molecule has 0 radical (unpaired) electrons. The molecule has 30 heavy (non-hydrogen) atoms. The Morgan fingerprint density at radius 2 is 1.87 bits per heavy atom. The smallest absolute Gasteiger partial charge is 0.269 e. The van der Waals surface area contributed by atoms with Crippen molar-refractivity contribution in [1.82, 2.24) is 4.68 Å². The minimum Gasteiger partial charge on any atom is -0.463 e. The van der Waals surface area contributed by atoms with E-state index >= 15 is 0 Å². The number of nitro benzene ring substituents is 1. The van der Waals surface area contributed by atoms with Crippen molar-refractivity contribution in [2.45, 2.75) is 6.92 Å². The highest BCUT2D eigenvalue weighted by molar-refractivity contribution is 7.07. The fraction of sp³-hybridized carbons (Fsp3) is 0.0476. The van der Waals surface area contributed by atoms with Crippen LogP contribution in [0, 0.1) is 15.9 Å². The molecule has 7 nitrogen and oxygen atoms in total. The van der Waals surface area contributed by atoms with E-state index in [4.69, 9.17) is 4.42 Å². The van der Waals surface area contributed by atoms with Crippen molar-refractivity contribution >= 4 is 28.4 Å². The molecule has 0 unspecified atom stereocenters. The van der Waals surface area contributed by atoms with Crippen molar-refractivity contribution in [2.24, 2.45) is 10.1 Å². The van der Waals surface area contributed by atoms with Crippen LogP contribution in [0.2, 0.25) is 0 Å². The lowest BCUT2D eigenvalue weighted by Crippen LogP contribution is -2.13. The summed E-state index contributed by atoms with van der Waals surface area (Å²) >= 11 is 1.35. The number of halogens is 1. The topological polar surface area (TPSA) is 85.9 Å². The highest BCUT2D eigenvalue weighted by atomic mass is 32.1. The van der Waals surface area contributed by atoms with Crippen LogP contribution >= 0.6 is 11.3 Å². The van der Waals surface area contributed by atoms with Gasteiger partial charge < -0.3 is 4.42 Å². The number of furan rings is 1. The van der Waals surface area contributed by atoms with Gasteiger partial charge in [0.25, 0.3) is 5.69 Å². The van der Waals surface area contributed by atoms with Crippen molar-refractivity contribution in [2.75, 3.05) is 0 Å². The fourth-order valence-corrected chi connectivity index (χ4v) is 3.59.